The van der Waals surface area contributed by atoms with Crippen LogP contribution in [0.1, 0.15) is 25.0 Å². The summed E-state index contributed by atoms with van der Waals surface area (Å²) in [6, 6.07) is 16.2. The first-order valence-corrected chi connectivity index (χ1v) is 10.6. The van der Waals surface area contributed by atoms with Crippen LogP contribution in [0.2, 0.25) is 0 Å². The summed E-state index contributed by atoms with van der Waals surface area (Å²) in [6.07, 6.45) is -1.37. The summed E-state index contributed by atoms with van der Waals surface area (Å²) in [5.41, 5.74) is 1.96. The van der Waals surface area contributed by atoms with Crippen LogP contribution in [-0.2, 0) is 35.1 Å². The lowest BCUT2D eigenvalue weighted by atomic mass is 10.2. The molecular weight excluding hydrogens is 380 g/mol. The number of benzene rings is 2. The van der Waals surface area contributed by atoms with Gasteiger partial charge >= 0.3 is 0 Å². The highest BCUT2D eigenvalue weighted by Gasteiger charge is 2.40. The first kappa shape index (κ1) is 21.0. The lowest BCUT2D eigenvalue weighted by molar-refractivity contribution is -0.153. The monoisotopic (exact) mass is 406 g/mol. The number of hydrogen-bond acceptors (Lipinski definition) is 6. The fourth-order valence-electron chi connectivity index (χ4n) is 2.89. The first-order chi connectivity index (χ1) is 13.3. The number of rotatable bonds is 8. The Hall–Kier alpha value is -1.77. The van der Waals surface area contributed by atoms with E-state index in [-0.39, 0.29) is 18.1 Å². The second kappa shape index (κ2) is 8.71. The summed E-state index contributed by atoms with van der Waals surface area (Å²) in [6.45, 7) is 6.10. The highest BCUT2D eigenvalue weighted by molar-refractivity contribution is 7.86. The molecule has 0 bridgehead atoms. The van der Waals surface area contributed by atoms with E-state index in [1.807, 2.05) is 37.3 Å². The number of hydrogen-bond donors (Lipinski definition) is 0. The minimum atomic E-state index is -3.96. The molecule has 7 heteroatoms. The zero-order chi connectivity index (χ0) is 20.2. The van der Waals surface area contributed by atoms with Crippen LogP contribution in [0, 0.1) is 6.92 Å². The van der Waals surface area contributed by atoms with Crippen molar-refractivity contribution in [1.82, 2.24) is 0 Å². The fraction of sp³-hybridized carbons (Fsp3) is 0.429. The average Bonchev–Trinajstić information content (AvgIpc) is 3.02. The van der Waals surface area contributed by atoms with Crippen molar-refractivity contribution in [2.75, 3.05) is 13.2 Å². The number of ether oxygens (including phenoxy) is 3. The topological polar surface area (TPSA) is 71.1 Å². The van der Waals surface area contributed by atoms with Crippen LogP contribution in [0.5, 0.6) is 0 Å². The Bertz CT molecular complexity index is 862. The van der Waals surface area contributed by atoms with Gasteiger partial charge in [0.25, 0.3) is 10.1 Å². The van der Waals surface area contributed by atoms with E-state index in [9.17, 15) is 8.42 Å². The fourth-order valence-corrected chi connectivity index (χ4v) is 3.97. The predicted octanol–water partition coefficient (Wildman–Crippen LogP) is 3.44. The molecule has 0 spiro atoms. The molecule has 6 nitrogen and oxygen atoms in total. The second-order valence-electron chi connectivity index (χ2n) is 7.27. The summed E-state index contributed by atoms with van der Waals surface area (Å²) in [5, 5.41) is 0. The van der Waals surface area contributed by atoms with Gasteiger partial charge in [-0.2, -0.15) is 8.42 Å². The highest BCUT2D eigenvalue weighted by Crippen LogP contribution is 2.27. The van der Waals surface area contributed by atoms with Crippen molar-refractivity contribution in [3.8, 4) is 0 Å². The van der Waals surface area contributed by atoms with E-state index < -0.39 is 28.1 Å². The maximum Gasteiger partial charge on any atom is 0.297 e. The zero-order valence-electron chi connectivity index (χ0n) is 16.3. The summed E-state index contributed by atoms with van der Waals surface area (Å²) < 4.78 is 48.1. The van der Waals surface area contributed by atoms with E-state index in [1.54, 1.807) is 26.0 Å². The summed E-state index contributed by atoms with van der Waals surface area (Å²) in [4.78, 5) is 0.101. The van der Waals surface area contributed by atoms with Crippen molar-refractivity contribution < 1.29 is 26.8 Å². The van der Waals surface area contributed by atoms with Gasteiger partial charge in [0.2, 0.25) is 0 Å². The second-order valence-corrected chi connectivity index (χ2v) is 8.84. The molecule has 2 atom stereocenters. The molecule has 1 saturated heterocycles. The molecule has 2 aromatic rings. The van der Waals surface area contributed by atoms with Gasteiger partial charge < -0.3 is 14.2 Å². The van der Waals surface area contributed by atoms with Crippen molar-refractivity contribution in [2.45, 2.75) is 50.3 Å². The van der Waals surface area contributed by atoms with Crippen molar-refractivity contribution in [3.05, 3.63) is 65.7 Å². The maximum absolute atomic E-state index is 12.7. The molecule has 0 amide bonds. The molecule has 1 aliphatic heterocycles. The van der Waals surface area contributed by atoms with E-state index in [0.29, 0.717) is 6.61 Å². The third kappa shape index (κ3) is 5.62. The Morgan fingerprint density at radius 1 is 1.11 bits per heavy atom. The van der Waals surface area contributed by atoms with Gasteiger partial charge in [-0.05, 0) is 38.5 Å². The molecule has 0 saturated carbocycles. The quantitative estimate of drug-likeness (QED) is 0.626. The number of aryl methyl sites for hydroxylation is 1. The predicted molar refractivity (Wildman–Crippen MR) is 104 cm³/mol. The van der Waals surface area contributed by atoms with Crippen LogP contribution in [-0.4, -0.2) is 39.6 Å². The minimum absolute atomic E-state index is 0.0596. The molecule has 0 radical (unpaired) electrons. The summed E-state index contributed by atoms with van der Waals surface area (Å²) >= 11 is 0. The maximum atomic E-state index is 12.7. The van der Waals surface area contributed by atoms with Gasteiger partial charge in [-0.1, -0.05) is 48.0 Å². The van der Waals surface area contributed by atoms with Crippen LogP contribution in [0.4, 0.5) is 0 Å². The average molecular weight is 407 g/mol. The van der Waals surface area contributed by atoms with Gasteiger partial charge in [-0.15, -0.1) is 0 Å². The van der Waals surface area contributed by atoms with Crippen molar-refractivity contribution in [1.29, 1.82) is 0 Å². The molecule has 0 aliphatic carbocycles. The van der Waals surface area contributed by atoms with E-state index >= 15 is 0 Å². The van der Waals surface area contributed by atoms with Gasteiger partial charge in [-0.25, -0.2) is 0 Å². The molecular formula is C21H26O6S. The standard InChI is InChI=1S/C21H26O6S/c1-16-9-11-18(12-10-16)28(22,23)27-20(19-15-25-21(2,3)26-19)14-24-13-17-7-5-4-6-8-17/h4-12,19-20H,13-15H2,1-3H3/t19-,20-/m0/s1. The SMILES string of the molecule is Cc1ccc(S(=O)(=O)O[C@@H](COCc2ccccc2)[C@@H]2COC(C)(C)O2)cc1. The van der Waals surface area contributed by atoms with E-state index in [2.05, 4.69) is 0 Å². The van der Waals surface area contributed by atoms with Gasteiger partial charge in [0.15, 0.2) is 5.79 Å². The molecule has 3 rings (SSSR count). The Morgan fingerprint density at radius 2 is 1.79 bits per heavy atom. The molecule has 152 valence electrons. The van der Waals surface area contributed by atoms with Gasteiger partial charge in [0.05, 0.1) is 24.7 Å². The first-order valence-electron chi connectivity index (χ1n) is 9.19. The van der Waals surface area contributed by atoms with Crippen LogP contribution >= 0.6 is 0 Å². The summed E-state index contributed by atoms with van der Waals surface area (Å²) in [7, 11) is -3.96. The molecule has 0 unspecified atom stereocenters. The minimum Gasteiger partial charge on any atom is -0.374 e. The molecule has 1 aliphatic rings. The third-order valence-corrected chi connectivity index (χ3v) is 5.75. The molecule has 1 fully saturated rings. The third-order valence-electron chi connectivity index (χ3n) is 4.40. The van der Waals surface area contributed by atoms with Crippen LogP contribution in [0.15, 0.2) is 59.5 Å². The Labute approximate surface area is 166 Å². The molecule has 28 heavy (non-hydrogen) atoms. The van der Waals surface area contributed by atoms with Crippen LogP contribution in [0.3, 0.4) is 0 Å². The Kier molecular flexibility index (Phi) is 6.52. The molecule has 0 N–H and O–H groups in total. The molecule has 2 aromatic carbocycles. The van der Waals surface area contributed by atoms with Crippen molar-refractivity contribution in [3.63, 3.8) is 0 Å². The smallest absolute Gasteiger partial charge is 0.297 e. The Balaban J connectivity index is 1.71. The van der Waals surface area contributed by atoms with Gasteiger partial charge in [0, 0.05) is 0 Å². The van der Waals surface area contributed by atoms with E-state index in [4.69, 9.17) is 18.4 Å². The van der Waals surface area contributed by atoms with Gasteiger partial charge in [-0.3, -0.25) is 4.18 Å². The lowest BCUT2D eigenvalue weighted by Gasteiger charge is -2.24. The van der Waals surface area contributed by atoms with E-state index in [0.717, 1.165) is 11.1 Å². The zero-order valence-corrected chi connectivity index (χ0v) is 17.1. The van der Waals surface area contributed by atoms with E-state index in [1.165, 1.54) is 12.1 Å². The largest absolute Gasteiger partial charge is 0.374 e. The molecule has 0 aromatic heterocycles. The normalized spacial score (nSPS) is 20.2. The highest BCUT2D eigenvalue weighted by atomic mass is 32.2. The van der Waals surface area contributed by atoms with Crippen molar-refractivity contribution >= 4 is 10.1 Å². The summed E-state index contributed by atoms with van der Waals surface area (Å²) in [5.74, 6) is -0.792. The lowest BCUT2D eigenvalue weighted by Crippen LogP contribution is -2.38. The van der Waals surface area contributed by atoms with Crippen LogP contribution in [0.25, 0.3) is 0 Å². The van der Waals surface area contributed by atoms with Crippen LogP contribution < -0.4 is 0 Å². The van der Waals surface area contributed by atoms with Crippen molar-refractivity contribution in [2.24, 2.45) is 0 Å². The molecule has 1 heterocycles. The Morgan fingerprint density at radius 3 is 2.39 bits per heavy atom. The van der Waals surface area contributed by atoms with Gasteiger partial charge in [0.1, 0.15) is 12.2 Å².